The third-order valence-corrected chi connectivity index (χ3v) is 6.49. The summed E-state index contributed by atoms with van der Waals surface area (Å²) in [6, 6.07) is 13.6. The number of methoxy groups -OCH3 is 1. The first-order valence-electron chi connectivity index (χ1n) is 10.5. The number of benzene rings is 2. The van der Waals surface area contributed by atoms with Crippen LogP contribution in [0.15, 0.2) is 52.4 Å². The molecule has 0 spiro atoms. The maximum absolute atomic E-state index is 13.0. The van der Waals surface area contributed by atoms with E-state index in [-0.39, 0.29) is 24.2 Å². The van der Waals surface area contributed by atoms with Gasteiger partial charge in [-0.15, -0.1) is 0 Å². The number of amidine groups is 2. The molecule has 2 unspecified atom stereocenters. The van der Waals surface area contributed by atoms with Crippen LogP contribution < -0.4 is 14.8 Å². The Kier molecular flexibility index (Phi) is 6.60. The van der Waals surface area contributed by atoms with Crippen molar-refractivity contribution in [2.75, 3.05) is 13.7 Å². The van der Waals surface area contributed by atoms with Crippen LogP contribution in [0.5, 0.6) is 11.5 Å². The van der Waals surface area contributed by atoms with Gasteiger partial charge in [-0.1, -0.05) is 42.1 Å². The quantitative estimate of drug-likeness (QED) is 0.721. The minimum absolute atomic E-state index is 0.171. The number of hydrogen-bond acceptors (Lipinski definition) is 6. The van der Waals surface area contributed by atoms with Gasteiger partial charge in [0.05, 0.1) is 13.7 Å². The zero-order valence-corrected chi connectivity index (χ0v) is 19.1. The Balaban J connectivity index is 1.58. The molecule has 2 atom stereocenters. The van der Waals surface area contributed by atoms with Gasteiger partial charge in [0.1, 0.15) is 11.8 Å². The van der Waals surface area contributed by atoms with E-state index in [4.69, 9.17) is 9.47 Å². The van der Waals surface area contributed by atoms with Crippen LogP contribution in [0.3, 0.4) is 0 Å². The Morgan fingerprint density at radius 1 is 1.12 bits per heavy atom. The topological polar surface area (TPSA) is 89.4 Å². The maximum atomic E-state index is 13.0. The molecule has 0 radical (unpaired) electrons. The molecule has 1 fully saturated rings. The minimum atomic E-state index is -0.627. The number of piperidine rings is 1. The number of amides is 2. The van der Waals surface area contributed by atoms with Gasteiger partial charge in [-0.2, -0.15) is 4.99 Å². The maximum Gasteiger partial charge on any atom is 0.259 e. The van der Waals surface area contributed by atoms with Crippen molar-refractivity contribution in [2.24, 2.45) is 15.9 Å². The summed E-state index contributed by atoms with van der Waals surface area (Å²) in [4.78, 5) is 34.3. The summed E-state index contributed by atoms with van der Waals surface area (Å²) in [5, 5.41) is 3.16. The van der Waals surface area contributed by atoms with Gasteiger partial charge in [-0.3, -0.25) is 9.59 Å². The third kappa shape index (κ3) is 4.55. The highest BCUT2D eigenvalue weighted by atomic mass is 32.2. The van der Waals surface area contributed by atoms with Crippen LogP contribution in [-0.2, 0) is 15.3 Å². The SMILES string of the molecule is CCOc1ccc(C2CC(=O)NC3=NC(SCc4ccccc4C)=NC(=O)C32)cc1OC. The average Bonchev–Trinajstić information content (AvgIpc) is 2.78. The molecule has 0 saturated carbocycles. The highest BCUT2D eigenvalue weighted by molar-refractivity contribution is 8.13. The highest BCUT2D eigenvalue weighted by Crippen LogP contribution is 2.39. The molecular formula is C24H25N3O4S. The van der Waals surface area contributed by atoms with E-state index in [1.54, 1.807) is 13.2 Å². The molecular weight excluding hydrogens is 426 g/mol. The molecule has 1 N–H and O–H groups in total. The molecule has 0 aliphatic carbocycles. The van der Waals surface area contributed by atoms with Gasteiger partial charge in [-0.25, -0.2) is 4.99 Å². The number of aryl methyl sites for hydroxylation is 1. The predicted octanol–water partition coefficient (Wildman–Crippen LogP) is 3.85. The summed E-state index contributed by atoms with van der Waals surface area (Å²) in [5.74, 6) is 0.741. The first-order valence-corrected chi connectivity index (χ1v) is 11.5. The zero-order chi connectivity index (χ0) is 22.7. The van der Waals surface area contributed by atoms with Crippen LogP contribution in [0.4, 0.5) is 0 Å². The van der Waals surface area contributed by atoms with E-state index in [9.17, 15) is 9.59 Å². The van der Waals surface area contributed by atoms with Crippen molar-refractivity contribution in [2.45, 2.75) is 31.9 Å². The summed E-state index contributed by atoms with van der Waals surface area (Å²) in [7, 11) is 1.57. The average molecular weight is 452 g/mol. The molecule has 2 aromatic rings. The molecule has 166 valence electrons. The molecule has 8 heteroatoms. The van der Waals surface area contributed by atoms with Crippen LogP contribution in [0.2, 0.25) is 0 Å². The lowest BCUT2D eigenvalue weighted by atomic mass is 9.79. The van der Waals surface area contributed by atoms with Crippen molar-refractivity contribution < 1.29 is 19.1 Å². The highest BCUT2D eigenvalue weighted by Gasteiger charge is 2.42. The zero-order valence-electron chi connectivity index (χ0n) is 18.3. The molecule has 2 aliphatic heterocycles. The van der Waals surface area contributed by atoms with Gasteiger partial charge in [-0.05, 0) is 42.7 Å². The standard InChI is InChI=1S/C24H25N3O4S/c1-4-31-18-10-9-15(11-19(18)30-3)17-12-20(28)25-22-21(17)23(29)27-24(26-22)32-13-16-8-6-5-7-14(16)2/h5-11,17,21H,4,12-13H2,1-3H3,(H,25,26,27,28,29). The van der Waals surface area contributed by atoms with Gasteiger partial charge >= 0.3 is 0 Å². The Morgan fingerprint density at radius 2 is 1.94 bits per heavy atom. The van der Waals surface area contributed by atoms with Crippen LogP contribution >= 0.6 is 11.8 Å². The van der Waals surface area contributed by atoms with E-state index in [1.165, 1.54) is 17.3 Å². The fraction of sp³-hybridized carbons (Fsp3) is 0.333. The number of nitrogens with one attached hydrogen (secondary N) is 1. The van der Waals surface area contributed by atoms with Crippen molar-refractivity contribution in [3.8, 4) is 11.5 Å². The lowest BCUT2D eigenvalue weighted by Gasteiger charge is -2.32. The van der Waals surface area contributed by atoms with Gasteiger partial charge in [0.15, 0.2) is 16.7 Å². The van der Waals surface area contributed by atoms with Crippen LogP contribution in [-0.4, -0.2) is 36.5 Å². The summed E-state index contributed by atoms with van der Waals surface area (Å²) in [5.41, 5.74) is 3.14. The molecule has 0 bridgehead atoms. The second kappa shape index (κ2) is 9.56. The Labute approximate surface area is 191 Å². The lowest BCUT2D eigenvalue weighted by molar-refractivity contribution is -0.124. The number of carbonyl (C=O) groups is 2. The molecule has 0 aromatic heterocycles. The summed E-state index contributed by atoms with van der Waals surface area (Å²) in [6.07, 6.45) is 0.174. The van der Waals surface area contributed by atoms with E-state index in [2.05, 4.69) is 15.3 Å². The van der Waals surface area contributed by atoms with E-state index in [0.717, 1.165) is 11.1 Å². The number of ether oxygens (including phenoxy) is 2. The molecule has 4 rings (SSSR count). The van der Waals surface area contributed by atoms with E-state index in [0.29, 0.717) is 34.9 Å². The van der Waals surface area contributed by atoms with E-state index in [1.807, 2.05) is 50.2 Å². The third-order valence-electron chi connectivity index (χ3n) is 5.59. The fourth-order valence-corrected chi connectivity index (χ4v) is 4.86. The molecule has 7 nitrogen and oxygen atoms in total. The van der Waals surface area contributed by atoms with E-state index < -0.39 is 5.92 Å². The van der Waals surface area contributed by atoms with Gasteiger partial charge in [0.2, 0.25) is 5.91 Å². The number of aliphatic imine (C=N–C) groups is 2. The number of rotatable bonds is 6. The Morgan fingerprint density at radius 3 is 2.69 bits per heavy atom. The number of fused-ring (bicyclic) bond motifs is 1. The first-order chi connectivity index (χ1) is 15.5. The first kappa shape index (κ1) is 22.1. The van der Waals surface area contributed by atoms with Crippen LogP contribution in [0.1, 0.15) is 36.0 Å². The smallest absolute Gasteiger partial charge is 0.259 e. The van der Waals surface area contributed by atoms with Crippen molar-refractivity contribution in [3.05, 3.63) is 59.2 Å². The van der Waals surface area contributed by atoms with Gasteiger partial charge in [0.25, 0.3) is 5.91 Å². The molecule has 2 aliphatic rings. The van der Waals surface area contributed by atoms with Crippen molar-refractivity contribution in [1.82, 2.24) is 5.32 Å². The van der Waals surface area contributed by atoms with E-state index >= 15 is 0 Å². The minimum Gasteiger partial charge on any atom is -0.493 e. The number of hydrogen-bond donors (Lipinski definition) is 1. The Hall–Kier alpha value is -3.13. The largest absolute Gasteiger partial charge is 0.493 e. The molecule has 2 heterocycles. The van der Waals surface area contributed by atoms with Crippen molar-refractivity contribution in [3.63, 3.8) is 0 Å². The lowest BCUT2D eigenvalue weighted by Crippen LogP contribution is -2.49. The van der Waals surface area contributed by atoms with Crippen molar-refractivity contribution in [1.29, 1.82) is 0 Å². The fourth-order valence-electron chi connectivity index (χ4n) is 3.94. The summed E-state index contributed by atoms with van der Waals surface area (Å²) >= 11 is 1.39. The molecule has 1 saturated heterocycles. The van der Waals surface area contributed by atoms with Gasteiger partial charge in [0, 0.05) is 18.1 Å². The predicted molar refractivity (Wildman–Crippen MR) is 126 cm³/mol. The van der Waals surface area contributed by atoms with Gasteiger partial charge < -0.3 is 14.8 Å². The van der Waals surface area contributed by atoms with Crippen molar-refractivity contribution >= 4 is 34.6 Å². The second-order valence-electron chi connectivity index (χ2n) is 7.62. The Bertz CT molecular complexity index is 1110. The monoisotopic (exact) mass is 451 g/mol. The second-order valence-corrected chi connectivity index (χ2v) is 8.57. The van der Waals surface area contributed by atoms with Crippen LogP contribution in [0, 0.1) is 12.8 Å². The molecule has 32 heavy (non-hydrogen) atoms. The molecule has 2 amide bonds. The van der Waals surface area contributed by atoms with Crippen LogP contribution in [0.25, 0.3) is 0 Å². The summed E-state index contributed by atoms with van der Waals surface area (Å²) in [6.45, 7) is 4.45. The number of thioether (sulfide) groups is 1. The number of carbonyl (C=O) groups excluding carboxylic acids is 2. The summed E-state index contributed by atoms with van der Waals surface area (Å²) < 4.78 is 11.0. The normalized spacial score (nSPS) is 20.1. The number of nitrogens with zero attached hydrogens (tertiary/aromatic N) is 2. The molecule has 2 aromatic carbocycles.